The third-order valence-corrected chi connectivity index (χ3v) is 3.06. The zero-order valence-electron chi connectivity index (χ0n) is 8.75. The van der Waals surface area contributed by atoms with Gasteiger partial charge in [-0.1, -0.05) is 12.1 Å². The van der Waals surface area contributed by atoms with Crippen molar-refractivity contribution in [1.82, 2.24) is 4.98 Å². The fourth-order valence-corrected chi connectivity index (χ4v) is 2.16. The number of hydrogen-bond donors (Lipinski definition) is 1. The van der Waals surface area contributed by atoms with Crippen molar-refractivity contribution in [1.29, 1.82) is 5.26 Å². The predicted molar refractivity (Wildman–Crippen MR) is 63.0 cm³/mol. The van der Waals surface area contributed by atoms with Crippen LogP contribution in [0, 0.1) is 11.3 Å². The van der Waals surface area contributed by atoms with Gasteiger partial charge in [-0.25, -0.2) is 9.78 Å². The first-order valence-corrected chi connectivity index (χ1v) is 5.74. The number of carbonyl (C=O) groups is 1. The SMILES string of the molecule is N#Cc1ccc(Cc2nc(C(=O)O)cs2)cc1. The lowest BCUT2D eigenvalue weighted by atomic mass is 10.1. The Morgan fingerprint density at radius 3 is 2.65 bits per heavy atom. The summed E-state index contributed by atoms with van der Waals surface area (Å²) in [6, 6.07) is 9.22. The number of thiazole rings is 1. The molecule has 0 radical (unpaired) electrons. The molecule has 1 aromatic carbocycles. The number of aromatic carboxylic acids is 1. The minimum Gasteiger partial charge on any atom is -0.476 e. The van der Waals surface area contributed by atoms with E-state index >= 15 is 0 Å². The third-order valence-electron chi connectivity index (χ3n) is 2.21. The summed E-state index contributed by atoms with van der Waals surface area (Å²) in [4.78, 5) is 14.7. The number of carboxylic acid groups (broad SMARTS) is 1. The van der Waals surface area contributed by atoms with Gasteiger partial charge in [0.15, 0.2) is 5.69 Å². The molecule has 4 nitrogen and oxygen atoms in total. The molecule has 1 heterocycles. The van der Waals surface area contributed by atoms with E-state index in [0.717, 1.165) is 10.6 Å². The normalized spacial score (nSPS) is 9.82. The molecule has 0 saturated heterocycles. The van der Waals surface area contributed by atoms with Crippen molar-refractivity contribution in [3.8, 4) is 6.07 Å². The molecule has 0 aliphatic carbocycles. The Morgan fingerprint density at radius 2 is 2.12 bits per heavy atom. The van der Waals surface area contributed by atoms with Crippen molar-refractivity contribution >= 4 is 17.3 Å². The molecule has 0 saturated carbocycles. The molecule has 0 aliphatic heterocycles. The highest BCUT2D eigenvalue weighted by atomic mass is 32.1. The zero-order chi connectivity index (χ0) is 12.3. The van der Waals surface area contributed by atoms with Crippen LogP contribution in [0.15, 0.2) is 29.6 Å². The highest BCUT2D eigenvalue weighted by Gasteiger charge is 2.08. The summed E-state index contributed by atoms with van der Waals surface area (Å²) in [5.41, 5.74) is 1.70. The van der Waals surface area contributed by atoms with Crippen molar-refractivity contribution < 1.29 is 9.90 Å². The lowest BCUT2D eigenvalue weighted by molar-refractivity contribution is 0.0691. The largest absolute Gasteiger partial charge is 0.476 e. The van der Waals surface area contributed by atoms with Crippen LogP contribution in [0.4, 0.5) is 0 Å². The van der Waals surface area contributed by atoms with Gasteiger partial charge in [-0.15, -0.1) is 11.3 Å². The van der Waals surface area contributed by atoms with Gasteiger partial charge in [-0.3, -0.25) is 0 Å². The van der Waals surface area contributed by atoms with E-state index in [-0.39, 0.29) is 5.69 Å². The van der Waals surface area contributed by atoms with Crippen LogP contribution in [0.5, 0.6) is 0 Å². The van der Waals surface area contributed by atoms with Gasteiger partial charge in [-0.2, -0.15) is 5.26 Å². The molecule has 0 atom stereocenters. The summed E-state index contributed by atoms with van der Waals surface area (Å²) in [7, 11) is 0. The highest BCUT2D eigenvalue weighted by Crippen LogP contribution is 2.15. The molecular formula is C12H8N2O2S. The summed E-state index contributed by atoms with van der Waals surface area (Å²) in [5, 5.41) is 19.7. The van der Waals surface area contributed by atoms with Gasteiger partial charge in [-0.05, 0) is 17.7 Å². The van der Waals surface area contributed by atoms with Crippen LogP contribution >= 0.6 is 11.3 Å². The molecule has 2 aromatic rings. The molecule has 2 rings (SSSR count). The van der Waals surface area contributed by atoms with Crippen molar-refractivity contribution in [2.24, 2.45) is 0 Å². The number of hydrogen-bond acceptors (Lipinski definition) is 4. The lowest BCUT2D eigenvalue weighted by Gasteiger charge is -1.97. The van der Waals surface area contributed by atoms with Crippen LogP contribution < -0.4 is 0 Å². The molecule has 5 heteroatoms. The van der Waals surface area contributed by atoms with Crippen LogP contribution in [0.2, 0.25) is 0 Å². The molecule has 0 bridgehead atoms. The first-order chi connectivity index (χ1) is 8.19. The zero-order valence-corrected chi connectivity index (χ0v) is 9.57. The van der Waals surface area contributed by atoms with E-state index in [9.17, 15) is 4.79 Å². The van der Waals surface area contributed by atoms with Gasteiger partial charge in [0, 0.05) is 11.8 Å². The Bertz CT molecular complexity index is 581. The monoisotopic (exact) mass is 244 g/mol. The second-order valence-electron chi connectivity index (χ2n) is 3.42. The molecule has 0 unspecified atom stereocenters. The van der Waals surface area contributed by atoms with Crippen LogP contribution in [0.3, 0.4) is 0 Å². The fraction of sp³-hybridized carbons (Fsp3) is 0.0833. The molecule has 17 heavy (non-hydrogen) atoms. The van der Waals surface area contributed by atoms with Crippen LogP contribution in [-0.2, 0) is 6.42 Å². The van der Waals surface area contributed by atoms with Crippen LogP contribution in [-0.4, -0.2) is 16.1 Å². The summed E-state index contributed by atoms with van der Waals surface area (Å²) in [5.74, 6) is -1.01. The molecule has 84 valence electrons. The molecule has 0 spiro atoms. The van der Waals surface area contributed by atoms with E-state index < -0.39 is 5.97 Å². The van der Waals surface area contributed by atoms with Crippen molar-refractivity contribution in [3.05, 3.63) is 51.5 Å². The third kappa shape index (κ3) is 2.68. The topological polar surface area (TPSA) is 74.0 Å². The molecule has 0 fully saturated rings. The molecule has 0 aliphatic rings. The fourth-order valence-electron chi connectivity index (χ4n) is 1.36. The Balaban J connectivity index is 2.14. The Morgan fingerprint density at radius 1 is 1.41 bits per heavy atom. The van der Waals surface area contributed by atoms with Crippen molar-refractivity contribution in [2.45, 2.75) is 6.42 Å². The molecule has 0 amide bonds. The average molecular weight is 244 g/mol. The first-order valence-electron chi connectivity index (χ1n) is 4.86. The average Bonchev–Trinajstić information content (AvgIpc) is 2.79. The smallest absolute Gasteiger partial charge is 0.355 e. The highest BCUT2D eigenvalue weighted by molar-refractivity contribution is 7.09. The standard InChI is InChI=1S/C12H8N2O2S/c13-6-9-3-1-8(2-4-9)5-11-14-10(7-17-11)12(15)16/h1-4,7H,5H2,(H,15,16). The summed E-state index contributed by atoms with van der Waals surface area (Å²) < 4.78 is 0. The van der Waals surface area contributed by atoms with Crippen molar-refractivity contribution in [3.63, 3.8) is 0 Å². The first kappa shape index (κ1) is 11.3. The molecule has 1 N–H and O–H groups in total. The second-order valence-corrected chi connectivity index (χ2v) is 4.36. The minimum absolute atomic E-state index is 0.0821. The number of carboxylic acids is 1. The Hall–Kier alpha value is -2.19. The van der Waals surface area contributed by atoms with E-state index in [1.807, 2.05) is 18.2 Å². The van der Waals surface area contributed by atoms with Gasteiger partial charge >= 0.3 is 5.97 Å². The maximum absolute atomic E-state index is 10.7. The quantitative estimate of drug-likeness (QED) is 0.899. The van der Waals surface area contributed by atoms with Gasteiger partial charge in [0.1, 0.15) is 0 Å². The Kier molecular flexibility index (Phi) is 3.17. The molecule has 1 aromatic heterocycles. The van der Waals surface area contributed by atoms with Crippen molar-refractivity contribution in [2.75, 3.05) is 0 Å². The predicted octanol–water partition coefficient (Wildman–Crippen LogP) is 2.30. The maximum atomic E-state index is 10.7. The van der Waals surface area contributed by atoms with Crippen LogP contribution in [0.1, 0.15) is 26.6 Å². The van der Waals surface area contributed by atoms with E-state index in [1.54, 1.807) is 12.1 Å². The summed E-state index contributed by atoms with van der Waals surface area (Å²) in [6.07, 6.45) is 0.587. The van der Waals surface area contributed by atoms with E-state index in [2.05, 4.69) is 4.98 Å². The van der Waals surface area contributed by atoms with Gasteiger partial charge in [0.2, 0.25) is 0 Å². The van der Waals surface area contributed by atoms with E-state index in [4.69, 9.17) is 10.4 Å². The number of nitriles is 1. The number of rotatable bonds is 3. The van der Waals surface area contributed by atoms with Gasteiger partial charge in [0.25, 0.3) is 0 Å². The number of aromatic nitrogens is 1. The van der Waals surface area contributed by atoms with E-state index in [1.165, 1.54) is 16.7 Å². The minimum atomic E-state index is -1.01. The van der Waals surface area contributed by atoms with Crippen LogP contribution in [0.25, 0.3) is 0 Å². The summed E-state index contributed by atoms with van der Waals surface area (Å²) in [6.45, 7) is 0. The van der Waals surface area contributed by atoms with Gasteiger partial charge in [0.05, 0.1) is 16.6 Å². The maximum Gasteiger partial charge on any atom is 0.355 e. The second kappa shape index (κ2) is 4.76. The number of benzene rings is 1. The van der Waals surface area contributed by atoms with E-state index in [0.29, 0.717) is 12.0 Å². The Labute approximate surface area is 102 Å². The lowest BCUT2D eigenvalue weighted by Crippen LogP contribution is -1.97. The van der Waals surface area contributed by atoms with Gasteiger partial charge < -0.3 is 5.11 Å². The number of nitrogens with zero attached hydrogens (tertiary/aromatic N) is 2. The summed E-state index contributed by atoms with van der Waals surface area (Å²) >= 11 is 1.33. The molecular weight excluding hydrogens is 236 g/mol.